The number of carbonyl (C=O) groups excluding carboxylic acids is 1. The minimum absolute atomic E-state index is 0.0505. The van der Waals surface area contributed by atoms with Crippen molar-refractivity contribution in [2.24, 2.45) is 0 Å². The fourth-order valence-corrected chi connectivity index (χ4v) is 3.29. The van der Waals surface area contributed by atoms with Gasteiger partial charge in [0.15, 0.2) is 0 Å². The fourth-order valence-electron chi connectivity index (χ4n) is 3.16. The van der Waals surface area contributed by atoms with Gasteiger partial charge in [0.1, 0.15) is 0 Å². The number of hydrogen-bond donors (Lipinski definition) is 1. The first kappa shape index (κ1) is 20.9. The third-order valence-corrected chi connectivity index (χ3v) is 5.02. The molecule has 5 heteroatoms. The molecule has 3 aromatic rings. The van der Waals surface area contributed by atoms with Gasteiger partial charge in [-0.05, 0) is 48.0 Å². The number of rotatable bonds is 7. The van der Waals surface area contributed by atoms with Crippen LogP contribution in [0.5, 0.6) is 0 Å². The van der Waals surface area contributed by atoms with E-state index in [0.29, 0.717) is 18.1 Å². The maximum atomic E-state index is 13.3. The van der Waals surface area contributed by atoms with Crippen molar-refractivity contribution in [3.05, 3.63) is 101 Å². The number of hydrogen-bond acceptors (Lipinski definition) is 2. The zero-order valence-electron chi connectivity index (χ0n) is 16.8. The average molecular weight is 408 g/mol. The zero-order chi connectivity index (χ0) is 20.6. The smallest absolute Gasteiger partial charge is 0.316 e. The van der Waals surface area contributed by atoms with Crippen molar-refractivity contribution >= 4 is 23.3 Å². The molecule has 0 spiro atoms. The fraction of sp³-hybridized carbons (Fsp3) is 0.208. The van der Waals surface area contributed by atoms with Gasteiger partial charge in [-0.1, -0.05) is 66.2 Å². The van der Waals surface area contributed by atoms with Crippen molar-refractivity contribution in [3.63, 3.8) is 0 Å². The molecule has 1 N–H and O–H groups in total. The molecule has 2 amide bonds. The molecule has 29 heavy (non-hydrogen) atoms. The van der Waals surface area contributed by atoms with E-state index in [0.717, 1.165) is 23.4 Å². The lowest BCUT2D eigenvalue weighted by Crippen LogP contribution is -2.40. The van der Waals surface area contributed by atoms with Crippen LogP contribution >= 0.6 is 11.6 Å². The molecule has 0 atom stereocenters. The molecule has 0 fully saturated rings. The van der Waals surface area contributed by atoms with Gasteiger partial charge in [0.25, 0.3) is 0 Å². The Morgan fingerprint density at radius 3 is 1.90 bits per heavy atom. The van der Waals surface area contributed by atoms with Crippen LogP contribution in [0.15, 0.2) is 78.9 Å². The van der Waals surface area contributed by atoms with E-state index in [-0.39, 0.29) is 6.03 Å². The largest absolute Gasteiger partial charge is 0.324 e. The van der Waals surface area contributed by atoms with Crippen molar-refractivity contribution < 1.29 is 4.79 Å². The molecule has 0 saturated heterocycles. The summed E-state index contributed by atoms with van der Waals surface area (Å²) in [5.74, 6) is 0. The van der Waals surface area contributed by atoms with Gasteiger partial charge >= 0.3 is 6.03 Å². The molecular formula is C24H26ClN3O. The number of amides is 2. The number of anilines is 1. The molecule has 3 aromatic carbocycles. The van der Waals surface area contributed by atoms with Crippen molar-refractivity contribution in [2.75, 3.05) is 19.0 Å². The second-order valence-corrected chi connectivity index (χ2v) is 7.44. The average Bonchev–Trinajstić information content (AvgIpc) is 2.76. The number of carbonyl (C=O) groups is 1. The first-order chi connectivity index (χ1) is 14.1. The van der Waals surface area contributed by atoms with Crippen LogP contribution in [0.3, 0.4) is 0 Å². The summed E-state index contributed by atoms with van der Waals surface area (Å²) in [7, 11) is 3.74. The zero-order valence-corrected chi connectivity index (χ0v) is 17.6. The van der Waals surface area contributed by atoms with Crippen LogP contribution in [-0.2, 0) is 19.6 Å². The van der Waals surface area contributed by atoms with E-state index < -0.39 is 0 Å². The molecule has 0 heterocycles. The molecule has 0 aliphatic rings. The van der Waals surface area contributed by atoms with E-state index in [9.17, 15) is 4.79 Å². The van der Waals surface area contributed by atoms with Gasteiger partial charge in [0, 0.05) is 37.4 Å². The Morgan fingerprint density at radius 2 is 1.34 bits per heavy atom. The Morgan fingerprint density at radius 1 is 0.828 bits per heavy atom. The molecule has 150 valence electrons. The lowest BCUT2D eigenvalue weighted by molar-refractivity contribution is 0.200. The number of para-hydroxylation sites is 1. The van der Waals surface area contributed by atoms with Gasteiger partial charge in [-0.25, -0.2) is 4.79 Å². The molecule has 0 unspecified atom stereocenters. The van der Waals surface area contributed by atoms with Crippen molar-refractivity contribution in [2.45, 2.75) is 19.6 Å². The Balaban J connectivity index is 1.82. The first-order valence-corrected chi connectivity index (χ1v) is 9.99. The summed E-state index contributed by atoms with van der Waals surface area (Å²) >= 11 is 6.02. The summed E-state index contributed by atoms with van der Waals surface area (Å²) in [4.78, 5) is 16.8. The highest BCUT2D eigenvalue weighted by Crippen LogP contribution is 2.19. The molecule has 3 rings (SSSR count). The minimum atomic E-state index is -0.0505. The third kappa shape index (κ3) is 5.83. The standard InChI is InChI=1S/C24H26ClN3O/c1-26-16-19-8-10-20(11-9-19)17-28(18-21-12-14-22(25)15-13-21)24(29)27(2)23-6-4-3-5-7-23/h3-15,26H,16-18H2,1-2H3. The first-order valence-electron chi connectivity index (χ1n) is 9.61. The number of benzene rings is 3. The third-order valence-electron chi connectivity index (χ3n) is 4.76. The number of nitrogens with zero attached hydrogens (tertiary/aromatic N) is 2. The Labute approximate surface area is 177 Å². The van der Waals surface area contributed by atoms with Crippen LogP contribution < -0.4 is 10.2 Å². The topological polar surface area (TPSA) is 35.6 Å². The molecule has 4 nitrogen and oxygen atoms in total. The molecule has 0 aliphatic heterocycles. The highest BCUT2D eigenvalue weighted by molar-refractivity contribution is 6.30. The summed E-state index contributed by atoms with van der Waals surface area (Å²) in [5.41, 5.74) is 4.21. The molecule has 0 radical (unpaired) electrons. The van der Waals surface area contributed by atoms with Gasteiger partial charge < -0.3 is 10.2 Å². The number of nitrogens with one attached hydrogen (secondary N) is 1. The van der Waals surface area contributed by atoms with Crippen LogP contribution in [-0.4, -0.2) is 25.0 Å². The maximum absolute atomic E-state index is 13.3. The molecular weight excluding hydrogens is 382 g/mol. The van der Waals surface area contributed by atoms with Gasteiger partial charge in [0.05, 0.1) is 0 Å². The quantitative estimate of drug-likeness (QED) is 0.575. The molecule has 0 aliphatic carbocycles. The van der Waals surface area contributed by atoms with E-state index in [1.807, 2.05) is 73.6 Å². The highest BCUT2D eigenvalue weighted by Gasteiger charge is 2.20. The van der Waals surface area contributed by atoms with E-state index in [2.05, 4.69) is 29.6 Å². The second-order valence-electron chi connectivity index (χ2n) is 7.01. The van der Waals surface area contributed by atoms with Crippen LogP contribution in [0.1, 0.15) is 16.7 Å². The summed E-state index contributed by atoms with van der Waals surface area (Å²) in [6.07, 6.45) is 0. The van der Waals surface area contributed by atoms with Crippen molar-refractivity contribution in [3.8, 4) is 0 Å². The minimum Gasteiger partial charge on any atom is -0.316 e. The van der Waals surface area contributed by atoms with Gasteiger partial charge in [0.2, 0.25) is 0 Å². The van der Waals surface area contributed by atoms with E-state index in [1.165, 1.54) is 5.56 Å². The van der Waals surface area contributed by atoms with Crippen LogP contribution in [0.4, 0.5) is 10.5 Å². The van der Waals surface area contributed by atoms with Crippen molar-refractivity contribution in [1.29, 1.82) is 0 Å². The SMILES string of the molecule is CNCc1ccc(CN(Cc2ccc(Cl)cc2)C(=O)N(C)c2ccccc2)cc1. The lowest BCUT2D eigenvalue weighted by atomic mass is 10.1. The number of urea groups is 1. The van der Waals surface area contributed by atoms with Gasteiger partial charge in [-0.15, -0.1) is 0 Å². The Bertz CT molecular complexity index is 911. The summed E-state index contributed by atoms with van der Waals surface area (Å²) < 4.78 is 0. The van der Waals surface area contributed by atoms with Crippen LogP contribution in [0, 0.1) is 0 Å². The summed E-state index contributed by atoms with van der Waals surface area (Å²) in [6, 6.07) is 25.6. The predicted molar refractivity (Wildman–Crippen MR) is 120 cm³/mol. The van der Waals surface area contributed by atoms with Gasteiger partial charge in [-0.3, -0.25) is 4.90 Å². The number of halogens is 1. The maximum Gasteiger partial charge on any atom is 0.324 e. The monoisotopic (exact) mass is 407 g/mol. The summed E-state index contributed by atoms with van der Waals surface area (Å²) in [5, 5.41) is 3.84. The molecule has 0 aromatic heterocycles. The summed E-state index contributed by atoms with van der Waals surface area (Å²) in [6.45, 7) is 1.86. The van der Waals surface area contributed by atoms with E-state index in [1.54, 1.807) is 4.90 Å². The van der Waals surface area contributed by atoms with Gasteiger partial charge in [-0.2, -0.15) is 0 Å². The second kappa shape index (κ2) is 10.1. The van der Waals surface area contributed by atoms with Crippen LogP contribution in [0.25, 0.3) is 0 Å². The van der Waals surface area contributed by atoms with E-state index in [4.69, 9.17) is 11.6 Å². The van der Waals surface area contributed by atoms with Crippen LogP contribution in [0.2, 0.25) is 5.02 Å². The molecule has 0 bridgehead atoms. The lowest BCUT2D eigenvalue weighted by Gasteiger charge is -2.29. The Hall–Kier alpha value is -2.82. The van der Waals surface area contributed by atoms with Crippen molar-refractivity contribution in [1.82, 2.24) is 10.2 Å². The molecule has 0 saturated carbocycles. The highest BCUT2D eigenvalue weighted by atomic mass is 35.5. The normalized spacial score (nSPS) is 10.6. The predicted octanol–water partition coefficient (Wildman–Crippen LogP) is 5.32. The van der Waals surface area contributed by atoms with E-state index >= 15 is 0 Å². The Kier molecular flexibility index (Phi) is 7.28.